The highest BCUT2D eigenvalue weighted by Gasteiger charge is 2.25. The molecule has 1 aromatic carbocycles. The van der Waals surface area contributed by atoms with Crippen molar-refractivity contribution in [3.8, 4) is 0 Å². The van der Waals surface area contributed by atoms with Crippen LogP contribution in [0.2, 0.25) is 0 Å². The highest BCUT2D eigenvalue weighted by Crippen LogP contribution is 2.14. The normalized spacial score (nSPS) is 12.6. The SMILES string of the molecule is COCCn1nnnc1[C@@H](COCc1ccccc1)NC(=O)OC(C)(C)C. The molecule has 0 unspecified atom stereocenters. The smallest absolute Gasteiger partial charge is 0.408 e. The summed E-state index contributed by atoms with van der Waals surface area (Å²) in [7, 11) is 1.60. The largest absolute Gasteiger partial charge is 0.444 e. The van der Waals surface area contributed by atoms with Crippen LogP contribution in [0.1, 0.15) is 38.2 Å². The second kappa shape index (κ2) is 9.98. The number of alkyl carbamates (subject to hydrolysis) is 1. The minimum Gasteiger partial charge on any atom is -0.444 e. The zero-order valence-electron chi connectivity index (χ0n) is 16.2. The van der Waals surface area contributed by atoms with Crippen molar-refractivity contribution in [1.82, 2.24) is 25.5 Å². The summed E-state index contributed by atoms with van der Waals surface area (Å²) in [5, 5.41) is 14.5. The molecule has 0 radical (unpaired) electrons. The van der Waals surface area contributed by atoms with E-state index in [2.05, 4.69) is 20.8 Å². The molecule has 0 fully saturated rings. The van der Waals surface area contributed by atoms with Gasteiger partial charge in [-0.3, -0.25) is 0 Å². The predicted molar refractivity (Wildman–Crippen MR) is 97.9 cm³/mol. The molecular weight excluding hydrogens is 350 g/mol. The Balaban J connectivity index is 2.05. The number of tetrazole rings is 1. The second-order valence-electron chi connectivity index (χ2n) is 6.95. The molecule has 0 aliphatic heterocycles. The first-order valence-corrected chi connectivity index (χ1v) is 8.75. The number of amides is 1. The Morgan fingerprint density at radius 3 is 2.67 bits per heavy atom. The minimum atomic E-state index is -0.610. The first-order chi connectivity index (χ1) is 12.9. The fraction of sp³-hybridized carbons (Fsp3) is 0.556. The number of hydrogen-bond donors (Lipinski definition) is 1. The van der Waals surface area contributed by atoms with Gasteiger partial charge in [0.1, 0.15) is 11.6 Å². The van der Waals surface area contributed by atoms with Crippen molar-refractivity contribution in [1.29, 1.82) is 0 Å². The van der Waals surface area contributed by atoms with Gasteiger partial charge in [-0.25, -0.2) is 9.48 Å². The van der Waals surface area contributed by atoms with E-state index in [1.807, 2.05) is 30.3 Å². The van der Waals surface area contributed by atoms with Crippen molar-refractivity contribution >= 4 is 6.09 Å². The molecule has 0 spiro atoms. The quantitative estimate of drug-likeness (QED) is 0.714. The molecule has 2 rings (SSSR count). The van der Waals surface area contributed by atoms with Crippen molar-refractivity contribution < 1.29 is 19.0 Å². The first-order valence-electron chi connectivity index (χ1n) is 8.75. The molecule has 9 heteroatoms. The van der Waals surface area contributed by atoms with Crippen molar-refractivity contribution in [3.05, 3.63) is 41.7 Å². The molecule has 27 heavy (non-hydrogen) atoms. The molecular formula is C18H27N5O4. The lowest BCUT2D eigenvalue weighted by Gasteiger charge is -2.23. The maximum absolute atomic E-state index is 12.2. The fourth-order valence-electron chi connectivity index (χ4n) is 2.30. The molecule has 1 aromatic heterocycles. The van der Waals surface area contributed by atoms with Gasteiger partial charge in [0.25, 0.3) is 0 Å². The third-order valence-corrected chi connectivity index (χ3v) is 3.47. The van der Waals surface area contributed by atoms with E-state index >= 15 is 0 Å². The van der Waals surface area contributed by atoms with Crippen molar-refractivity contribution in [2.45, 2.75) is 45.6 Å². The number of nitrogens with one attached hydrogen (secondary N) is 1. The molecule has 0 saturated carbocycles. The summed E-state index contributed by atoms with van der Waals surface area (Å²) in [6, 6.07) is 9.22. The Labute approximate surface area is 159 Å². The van der Waals surface area contributed by atoms with Gasteiger partial charge in [0.15, 0.2) is 5.82 Å². The van der Waals surface area contributed by atoms with E-state index in [1.165, 1.54) is 0 Å². The summed E-state index contributed by atoms with van der Waals surface area (Å²) in [6.07, 6.45) is -0.558. The van der Waals surface area contributed by atoms with Crippen molar-refractivity contribution in [3.63, 3.8) is 0 Å². The second-order valence-corrected chi connectivity index (χ2v) is 6.95. The van der Waals surface area contributed by atoms with Gasteiger partial charge in [-0.05, 0) is 36.8 Å². The highest BCUT2D eigenvalue weighted by molar-refractivity contribution is 5.68. The van der Waals surface area contributed by atoms with E-state index in [1.54, 1.807) is 32.6 Å². The fourth-order valence-corrected chi connectivity index (χ4v) is 2.30. The van der Waals surface area contributed by atoms with Gasteiger partial charge in [-0.2, -0.15) is 0 Å². The summed E-state index contributed by atoms with van der Waals surface area (Å²) in [4.78, 5) is 12.2. The molecule has 1 N–H and O–H groups in total. The number of carbonyl (C=O) groups is 1. The molecule has 1 heterocycles. The molecule has 9 nitrogen and oxygen atoms in total. The Hall–Kier alpha value is -2.52. The number of nitrogens with zero attached hydrogens (tertiary/aromatic N) is 4. The molecule has 2 aromatic rings. The van der Waals surface area contributed by atoms with Crippen LogP contribution in [0, 0.1) is 0 Å². The van der Waals surface area contributed by atoms with Gasteiger partial charge >= 0.3 is 6.09 Å². The van der Waals surface area contributed by atoms with Crippen LogP contribution in [0.4, 0.5) is 4.79 Å². The van der Waals surface area contributed by atoms with Crippen LogP contribution in [-0.2, 0) is 27.4 Å². The standard InChI is InChI=1S/C18H27N5O4/c1-18(2,3)27-17(24)19-15(13-26-12-14-8-6-5-7-9-14)16-20-21-22-23(16)10-11-25-4/h5-9,15H,10-13H2,1-4H3,(H,19,24)/t15-/m1/s1. The average molecular weight is 377 g/mol. The molecule has 0 aliphatic rings. The lowest BCUT2D eigenvalue weighted by Crippen LogP contribution is -2.38. The van der Waals surface area contributed by atoms with E-state index < -0.39 is 17.7 Å². The van der Waals surface area contributed by atoms with Crippen molar-refractivity contribution in [2.75, 3.05) is 20.3 Å². The van der Waals surface area contributed by atoms with E-state index in [9.17, 15) is 4.79 Å². The number of methoxy groups -OCH3 is 1. The highest BCUT2D eigenvalue weighted by atomic mass is 16.6. The number of aromatic nitrogens is 4. The maximum Gasteiger partial charge on any atom is 0.408 e. The lowest BCUT2D eigenvalue weighted by molar-refractivity contribution is 0.0415. The molecule has 0 bridgehead atoms. The Morgan fingerprint density at radius 2 is 2.00 bits per heavy atom. The summed E-state index contributed by atoms with van der Waals surface area (Å²) < 4.78 is 17.8. The van der Waals surface area contributed by atoms with Gasteiger partial charge in [0, 0.05) is 7.11 Å². The van der Waals surface area contributed by atoms with Crippen LogP contribution >= 0.6 is 0 Å². The number of carbonyl (C=O) groups excluding carboxylic acids is 1. The van der Waals surface area contributed by atoms with Gasteiger partial charge in [0.2, 0.25) is 0 Å². The van der Waals surface area contributed by atoms with Crippen LogP contribution in [0.25, 0.3) is 0 Å². The Morgan fingerprint density at radius 1 is 1.26 bits per heavy atom. The minimum absolute atomic E-state index is 0.196. The van der Waals surface area contributed by atoms with Crippen LogP contribution in [0.3, 0.4) is 0 Å². The molecule has 1 atom stereocenters. The third kappa shape index (κ3) is 7.32. The molecule has 0 saturated heterocycles. The first kappa shape index (κ1) is 20.8. The molecule has 148 valence electrons. The topological polar surface area (TPSA) is 100 Å². The summed E-state index contributed by atoms with van der Waals surface area (Å²) in [5.41, 5.74) is 0.425. The predicted octanol–water partition coefficient (Wildman–Crippen LogP) is 2.10. The number of hydrogen-bond acceptors (Lipinski definition) is 7. The summed E-state index contributed by atoms with van der Waals surface area (Å²) in [5.74, 6) is 0.478. The zero-order valence-corrected chi connectivity index (χ0v) is 16.2. The van der Waals surface area contributed by atoms with E-state index in [0.717, 1.165) is 5.56 Å². The van der Waals surface area contributed by atoms with Gasteiger partial charge in [0.05, 0.1) is 26.4 Å². The van der Waals surface area contributed by atoms with E-state index in [-0.39, 0.29) is 6.61 Å². The monoisotopic (exact) mass is 377 g/mol. The summed E-state index contributed by atoms with van der Waals surface area (Å²) in [6.45, 7) is 6.92. The zero-order chi connectivity index (χ0) is 19.7. The van der Waals surface area contributed by atoms with Crippen LogP contribution in [0.5, 0.6) is 0 Å². The summed E-state index contributed by atoms with van der Waals surface area (Å²) >= 11 is 0. The van der Waals surface area contributed by atoms with E-state index in [4.69, 9.17) is 14.2 Å². The van der Waals surface area contributed by atoms with Gasteiger partial charge < -0.3 is 19.5 Å². The van der Waals surface area contributed by atoms with Crippen molar-refractivity contribution in [2.24, 2.45) is 0 Å². The van der Waals surface area contributed by atoms with Gasteiger partial charge in [-0.15, -0.1) is 5.10 Å². The maximum atomic E-state index is 12.2. The number of ether oxygens (including phenoxy) is 3. The number of rotatable bonds is 9. The van der Waals surface area contributed by atoms with Crippen LogP contribution in [-0.4, -0.2) is 52.2 Å². The average Bonchev–Trinajstić information content (AvgIpc) is 3.07. The Kier molecular flexibility index (Phi) is 7.68. The van der Waals surface area contributed by atoms with E-state index in [0.29, 0.717) is 25.6 Å². The molecule has 1 amide bonds. The lowest BCUT2D eigenvalue weighted by atomic mass is 10.2. The van der Waals surface area contributed by atoms with Crippen LogP contribution < -0.4 is 5.32 Å². The number of benzene rings is 1. The molecule has 0 aliphatic carbocycles. The van der Waals surface area contributed by atoms with Crippen LogP contribution in [0.15, 0.2) is 30.3 Å². The van der Waals surface area contributed by atoms with Gasteiger partial charge in [-0.1, -0.05) is 30.3 Å². The third-order valence-electron chi connectivity index (χ3n) is 3.47. The Bertz CT molecular complexity index is 699.